The number of carbonyl (C=O) groups is 1. The van der Waals surface area contributed by atoms with Crippen LogP contribution in [-0.4, -0.2) is 43.3 Å². The van der Waals surface area contributed by atoms with Crippen molar-refractivity contribution >= 4 is 17.7 Å². The van der Waals surface area contributed by atoms with Gasteiger partial charge in [0.25, 0.3) is 0 Å². The highest BCUT2D eigenvalue weighted by Crippen LogP contribution is 2.14. The van der Waals surface area contributed by atoms with E-state index in [0.717, 1.165) is 12.2 Å². The molecule has 0 saturated heterocycles. The van der Waals surface area contributed by atoms with Crippen molar-refractivity contribution in [1.82, 2.24) is 5.32 Å². The van der Waals surface area contributed by atoms with Crippen molar-refractivity contribution in [3.8, 4) is 0 Å². The van der Waals surface area contributed by atoms with Crippen LogP contribution in [0.15, 0.2) is 0 Å². The zero-order chi connectivity index (χ0) is 13.1. The molecule has 0 atom stereocenters. The number of hydrogen-bond acceptors (Lipinski definition) is 3. The third-order valence-electron chi connectivity index (χ3n) is 1.63. The van der Waals surface area contributed by atoms with Crippen LogP contribution in [0, 0.1) is 0 Å². The Labute approximate surface area is 103 Å². The van der Waals surface area contributed by atoms with Crippen LogP contribution in [0.2, 0.25) is 0 Å². The number of amides is 1. The third kappa shape index (κ3) is 13.5. The highest BCUT2D eigenvalue weighted by molar-refractivity contribution is 7.99. The Kier molecular flexibility index (Phi) is 9.34. The molecule has 3 nitrogen and oxygen atoms in total. The first-order valence-electron chi connectivity index (χ1n) is 5.44. The molecule has 102 valence electrons. The molecule has 0 saturated carbocycles. The fourth-order valence-electron chi connectivity index (χ4n) is 0.950. The summed E-state index contributed by atoms with van der Waals surface area (Å²) in [7, 11) is 0. The van der Waals surface area contributed by atoms with Gasteiger partial charge in [0.1, 0.15) is 6.61 Å². The molecule has 0 fully saturated rings. The highest BCUT2D eigenvalue weighted by atomic mass is 32.2. The molecular weight excluding hydrogens is 255 g/mol. The fourth-order valence-corrected chi connectivity index (χ4v) is 1.67. The first-order chi connectivity index (χ1) is 7.95. The summed E-state index contributed by atoms with van der Waals surface area (Å²) in [4.78, 5) is 11.2. The molecule has 0 aliphatic rings. The molecule has 0 aliphatic carbocycles. The Hall–Kier alpha value is -0.430. The topological polar surface area (TPSA) is 38.3 Å². The standard InChI is InChI=1S/C10H18F3NO2S/c1-2-6-17-7-9(15)14-4-3-5-16-8-10(11,12)13/h2-8H2,1H3,(H,14,15). The normalized spacial score (nSPS) is 11.5. The van der Waals surface area contributed by atoms with E-state index in [1.807, 2.05) is 6.92 Å². The smallest absolute Gasteiger partial charge is 0.372 e. The lowest BCUT2D eigenvalue weighted by Gasteiger charge is -2.08. The predicted molar refractivity (Wildman–Crippen MR) is 62.1 cm³/mol. The van der Waals surface area contributed by atoms with Crippen LogP contribution in [-0.2, 0) is 9.53 Å². The first-order valence-corrected chi connectivity index (χ1v) is 6.60. The molecule has 17 heavy (non-hydrogen) atoms. The molecule has 0 bridgehead atoms. The van der Waals surface area contributed by atoms with E-state index in [2.05, 4.69) is 10.1 Å². The number of nitrogens with one attached hydrogen (secondary N) is 1. The molecule has 0 aromatic heterocycles. The Balaban J connectivity index is 3.25. The third-order valence-corrected chi connectivity index (χ3v) is 2.80. The van der Waals surface area contributed by atoms with Crippen LogP contribution in [0.5, 0.6) is 0 Å². The maximum atomic E-state index is 11.7. The van der Waals surface area contributed by atoms with E-state index in [9.17, 15) is 18.0 Å². The average molecular weight is 273 g/mol. The summed E-state index contributed by atoms with van der Waals surface area (Å²) in [5.74, 6) is 1.25. The van der Waals surface area contributed by atoms with Crippen molar-refractivity contribution in [2.45, 2.75) is 25.9 Å². The number of thioether (sulfide) groups is 1. The van der Waals surface area contributed by atoms with Gasteiger partial charge in [-0.3, -0.25) is 4.79 Å². The van der Waals surface area contributed by atoms with Crippen molar-refractivity contribution in [2.75, 3.05) is 31.3 Å². The number of rotatable bonds is 9. The molecule has 0 aromatic rings. The van der Waals surface area contributed by atoms with Crippen molar-refractivity contribution in [2.24, 2.45) is 0 Å². The molecule has 0 aromatic carbocycles. The van der Waals surface area contributed by atoms with Crippen molar-refractivity contribution in [3.63, 3.8) is 0 Å². The van der Waals surface area contributed by atoms with E-state index >= 15 is 0 Å². The van der Waals surface area contributed by atoms with Crippen molar-refractivity contribution < 1.29 is 22.7 Å². The minimum Gasteiger partial charge on any atom is -0.372 e. The van der Waals surface area contributed by atoms with E-state index in [1.165, 1.54) is 0 Å². The molecule has 0 heterocycles. The monoisotopic (exact) mass is 273 g/mol. The van der Waals surface area contributed by atoms with Gasteiger partial charge in [0.15, 0.2) is 0 Å². The zero-order valence-electron chi connectivity index (χ0n) is 9.81. The van der Waals surface area contributed by atoms with Gasteiger partial charge in [0.2, 0.25) is 5.91 Å². The van der Waals surface area contributed by atoms with Crippen LogP contribution >= 0.6 is 11.8 Å². The lowest BCUT2D eigenvalue weighted by atomic mass is 10.4. The predicted octanol–water partition coefficient (Wildman–Crippen LogP) is 2.21. The Morgan fingerprint density at radius 3 is 2.71 bits per heavy atom. The van der Waals surface area contributed by atoms with Gasteiger partial charge in [-0.2, -0.15) is 24.9 Å². The summed E-state index contributed by atoms with van der Waals surface area (Å²) in [5.41, 5.74) is 0. The Bertz CT molecular complexity index is 212. The van der Waals surface area contributed by atoms with E-state index < -0.39 is 12.8 Å². The van der Waals surface area contributed by atoms with Gasteiger partial charge >= 0.3 is 6.18 Å². The van der Waals surface area contributed by atoms with Crippen LogP contribution in [0.25, 0.3) is 0 Å². The van der Waals surface area contributed by atoms with Crippen molar-refractivity contribution in [3.05, 3.63) is 0 Å². The number of alkyl halides is 3. The summed E-state index contributed by atoms with van der Waals surface area (Å²) in [6, 6.07) is 0. The lowest BCUT2D eigenvalue weighted by Crippen LogP contribution is -2.27. The molecule has 1 N–H and O–H groups in total. The van der Waals surface area contributed by atoms with Gasteiger partial charge in [0, 0.05) is 13.2 Å². The largest absolute Gasteiger partial charge is 0.411 e. The maximum absolute atomic E-state index is 11.7. The minimum absolute atomic E-state index is 0.00188. The number of carbonyl (C=O) groups excluding carboxylic acids is 1. The molecule has 0 aliphatic heterocycles. The summed E-state index contributed by atoms with van der Waals surface area (Å²) in [5, 5.41) is 2.62. The Morgan fingerprint density at radius 2 is 2.12 bits per heavy atom. The van der Waals surface area contributed by atoms with Gasteiger partial charge in [-0.15, -0.1) is 0 Å². The fraction of sp³-hybridized carbons (Fsp3) is 0.900. The second-order valence-corrected chi connectivity index (χ2v) is 4.53. The van der Waals surface area contributed by atoms with Gasteiger partial charge in [-0.25, -0.2) is 0 Å². The summed E-state index contributed by atoms with van der Waals surface area (Å²) in [6.45, 7) is 1.15. The van der Waals surface area contributed by atoms with E-state index in [4.69, 9.17) is 0 Å². The van der Waals surface area contributed by atoms with Crippen LogP contribution in [0.4, 0.5) is 13.2 Å². The van der Waals surface area contributed by atoms with Crippen LogP contribution in [0.3, 0.4) is 0 Å². The number of ether oxygens (including phenoxy) is 1. The second-order valence-electron chi connectivity index (χ2n) is 3.42. The van der Waals surface area contributed by atoms with Gasteiger partial charge < -0.3 is 10.1 Å². The van der Waals surface area contributed by atoms with Crippen LogP contribution in [0.1, 0.15) is 19.8 Å². The molecule has 0 spiro atoms. The van der Waals surface area contributed by atoms with Gasteiger partial charge in [-0.1, -0.05) is 6.92 Å². The average Bonchev–Trinajstić information content (AvgIpc) is 2.22. The second kappa shape index (κ2) is 9.58. The van der Waals surface area contributed by atoms with E-state index in [1.54, 1.807) is 11.8 Å². The molecule has 1 amide bonds. The van der Waals surface area contributed by atoms with E-state index in [-0.39, 0.29) is 12.5 Å². The zero-order valence-corrected chi connectivity index (χ0v) is 10.6. The summed E-state index contributed by atoms with van der Waals surface area (Å²) >= 11 is 1.54. The Morgan fingerprint density at radius 1 is 1.41 bits per heavy atom. The quantitative estimate of drug-likeness (QED) is 0.655. The van der Waals surface area contributed by atoms with Crippen LogP contribution < -0.4 is 5.32 Å². The van der Waals surface area contributed by atoms with Gasteiger partial charge in [-0.05, 0) is 18.6 Å². The highest BCUT2D eigenvalue weighted by Gasteiger charge is 2.27. The van der Waals surface area contributed by atoms with Crippen molar-refractivity contribution in [1.29, 1.82) is 0 Å². The summed E-state index contributed by atoms with van der Waals surface area (Å²) in [6.07, 6.45) is -2.87. The number of hydrogen-bond donors (Lipinski definition) is 1. The molecule has 0 radical (unpaired) electrons. The molecular formula is C10H18F3NO2S. The molecule has 7 heteroatoms. The first kappa shape index (κ1) is 16.6. The van der Waals surface area contributed by atoms with E-state index in [0.29, 0.717) is 18.7 Å². The molecule has 0 unspecified atom stereocenters. The minimum atomic E-state index is -4.28. The maximum Gasteiger partial charge on any atom is 0.411 e. The lowest BCUT2D eigenvalue weighted by molar-refractivity contribution is -0.174. The molecule has 0 rings (SSSR count). The van der Waals surface area contributed by atoms with Gasteiger partial charge in [0.05, 0.1) is 5.75 Å². The summed E-state index contributed by atoms with van der Waals surface area (Å²) < 4.78 is 39.4. The SMILES string of the molecule is CCCSCC(=O)NCCCOCC(F)(F)F. The number of halogens is 3.